The number of aliphatic imine (C=N–C) groups is 2. The first kappa shape index (κ1) is 37.0. The van der Waals surface area contributed by atoms with Crippen molar-refractivity contribution in [3.05, 3.63) is 68.5 Å². The van der Waals surface area contributed by atoms with Gasteiger partial charge in [-0.15, -0.1) is 0 Å². The molecule has 11 heteroatoms. The number of amides is 1. The third-order valence-corrected chi connectivity index (χ3v) is 11.8. The van der Waals surface area contributed by atoms with Crippen LogP contribution in [-0.4, -0.2) is 83.3 Å². The molecule has 6 rings (SSSR count). The molecule has 3 aliphatic heterocycles. The van der Waals surface area contributed by atoms with Crippen molar-refractivity contribution in [3.8, 4) is 0 Å². The molecular weight excluding hydrogens is 658 g/mol. The van der Waals surface area contributed by atoms with Crippen LogP contribution in [0.25, 0.3) is 12.2 Å². The zero-order chi connectivity index (χ0) is 37.4. The van der Waals surface area contributed by atoms with Crippen LogP contribution in [0.4, 0.5) is 0 Å². The van der Waals surface area contributed by atoms with E-state index in [9.17, 15) is 19.2 Å². The van der Waals surface area contributed by atoms with Gasteiger partial charge in [-0.1, -0.05) is 26.5 Å². The van der Waals surface area contributed by atoms with Gasteiger partial charge in [0, 0.05) is 102 Å². The first-order valence-corrected chi connectivity index (χ1v) is 18.5. The van der Waals surface area contributed by atoms with Gasteiger partial charge in [0.05, 0.1) is 33.1 Å². The highest BCUT2D eigenvalue weighted by Gasteiger charge is 2.44. The summed E-state index contributed by atoms with van der Waals surface area (Å²) in [5.41, 5.74) is 13.4. The van der Waals surface area contributed by atoms with Crippen molar-refractivity contribution < 1.29 is 28.7 Å². The number of carbonyl (C=O) groups excluding carboxylic acids is 4. The molecule has 0 fully saturated rings. The number of nitrogens with one attached hydrogen (secondary N) is 2. The summed E-state index contributed by atoms with van der Waals surface area (Å²) >= 11 is 0. The Morgan fingerprint density at radius 3 is 2.33 bits per heavy atom. The van der Waals surface area contributed by atoms with Gasteiger partial charge in [-0.3, -0.25) is 29.2 Å². The number of hydrogen-bond acceptors (Lipinski definition) is 8. The maximum Gasteiger partial charge on any atom is 0.307 e. The summed E-state index contributed by atoms with van der Waals surface area (Å²) in [7, 11) is 2.62. The van der Waals surface area contributed by atoms with Crippen molar-refractivity contribution in [2.45, 2.75) is 97.9 Å². The van der Waals surface area contributed by atoms with Gasteiger partial charge in [-0.2, -0.15) is 0 Å². The third-order valence-electron chi connectivity index (χ3n) is 11.8. The number of rotatable bonds is 11. The van der Waals surface area contributed by atoms with E-state index in [4.69, 9.17) is 19.5 Å². The summed E-state index contributed by atoms with van der Waals surface area (Å²) in [6, 6.07) is 0.0170. The molecule has 0 saturated carbocycles. The molecule has 2 unspecified atom stereocenters. The number of Topliss-reactive ketones (excluding diaryl/α,β-unsaturated/α-hetero) is 1. The van der Waals surface area contributed by atoms with Gasteiger partial charge >= 0.3 is 11.9 Å². The molecular formula is C41H51N5O6. The van der Waals surface area contributed by atoms with E-state index in [1.165, 1.54) is 30.3 Å². The maximum atomic E-state index is 13.8. The monoisotopic (exact) mass is 709 g/mol. The molecule has 0 saturated heterocycles. The predicted molar refractivity (Wildman–Crippen MR) is 202 cm³/mol. The zero-order valence-electron chi connectivity index (χ0n) is 31.5. The molecule has 11 nitrogen and oxygen atoms in total. The minimum atomic E-state index is -0.429. The topological polar surface area (TPSA) is 146 Å². The molecule has 8 bridgehead atoms. The highest BCUT2D eigenvalue weighted by atomic mass is 16.5. The maximum absolute atomic E-state index is 13.8. The van der Waals surface area contributed by atoms with E-state index in [0.717, 1.165) is 75.0 Å². The number of carbonyl (C=O) groups is 4. The molecule has 2 aromatic rings. The van der Waals surface area contributed by atoms with E-state index in [1.807, 2.05) is 13.0 Å². The van der Waals surface area contributed by atoms with Crippen LogP contribution in [0.15, 0.2) is 33.4 Å². The first-order chi connectivity index (χ1) is 24.9. The summed E-state index contributed by atoms with van der Waals surface area (Å²) in [5, 5.41) is 0. The van der Waals surface area contributed by atoms with Crippen LogP contribution in [0.2, 0.25) is 0 Å². The molecule has 276 valence electrons. The second-order valence-electron chi connectivity index (χ2n) is 14.5. The van der Waals surface area contributed by atoms with Crippen LogP contribution in [0, 0.1) is 25.7 Å². The molecule has 2 N–H and O–H groups in total. The molecule has 4 atom stereocenters. The molecule has 2 aromatic heterocycles. The second-order valence-corrected chi connectivity index (χ2v) is 14.5. The summed E-state index contributed by atoms with van der Waals surface area (Å²) < 4.78 is 9.61. The number of methoxy groups -OCH3 is 2. The van der Waals surface area contributed by atoms with Crippen LogP contribution in [-0.2, 0) is 36.7 Å². The van der Waals surface area contributed by atoms with Crippen molar-refractivity contribution in [3.63, 3.8) is 0 Å². The smallest absolute Gasteiger partial charge is 0.307 e. The van der Waals surface area contributed by atoms with Gasteiger partial charge in [0.2, 0.25) is 5.91 Å². The number of hydrogen-bond donors (Lipinski definition) is 2. The molecule has 5 heterocycles. The van der Waals surface area contributed by atoms with E-state index >= 15 is 0 Å². The Morgan fingerprint density at radius 1 is 1.00 bits per heavy atom. The Hall–Kier alpha value is -4.80. The predicted octanol–water partition coefficient (Wildman–Crippen LogP) is 6.40. The molecule has 1 amide bonds. The minimum Gasteiger partial charge on any atom is -0.469 e. The number of H-pyrrole nitrogens is 2. The lowest BCUT2D eigenvalue weighted by Gasteiger charge is -2.25. The summed E-state index contributed by atoms with van der Waals surface area (Å²) in [5.74, 6) is -1.31. The number of nitrogens with zero attached hydrogens (tertiary/aromatic N) is 3. The van der Waals surface area contributed by atoms with Crippen LogP contribution >= 0.6 is 0 Å². The largest absolute Gasteiger partial charge is 0.469 e. The van der Waals surface area contributed by atoms with Gasteiger partial charge < -0.3 is 24.3 Å². The number of allylic oxidation sites excluding steroid dienone is 2. The normalized spacial score (nSPS) is 21.9. The van der Waals surface area contributed by atoms with Crippen LogP contribution in [0.5, 0.6) is 0 Å². The van der Waals surface area contributed by atoms with Gasteiger partial charge in [-0.05, 0) is 67.5 Å². The van der Waals surface area contributed by atoms with Crippen molar-refractivity contribution in [2.24, 2.45) is 21.8 Å². The number of ketones is 1. The molecule has 4 aliphatic rings. The lowest BCUT2D eigenvalue weighted by Crippen LogP contribution is -2.36. The lowest BCUT2D eigenvalue weighted by molar-refractivity contribution is -0.142. The minimum absolute atomic E-state index is 0.0170. The second kappa shape index (κ2) is 15.0. The fourth-order valence-electron chi connectivity index (χ4n) is 8.67. The Morgan fingerprint density at radius 2 is 1.69 bits per heavy atom. The number of aromatic amines is 2. The highest BCUT2D eigenvalue weighted by molar-refractivity contribution is 6.11. The SMILES string of the molecule is C=Cc1c2[nH]c(c1C)C=C1N=C(C3CC(=O)c4c3[nH]c(c4C)CC3=NC(C2)C(C)=C3CC)[C@@H](CCC(=O)N(CCC(=O)OC)CCC(=O)OC)[C@@H]1C. The number of ether oxygens (including phenoxy) is 2. The van der Waals surface area contributed by atoms with E-state index in [1.54, 1.807) is 0 Å². The van der Waals surface area contributed by atoms with E-state index < -0.39 is 11.9 Å². The molecule has 0 spiro atoms. The number of aromatic nitrogens is 2. The Labute approximate surface area is 305 Å². The van der Waals surface area contributed by atoms with Gasteiger partial charge in [0.15, 0.2) is 5.78 Å². The summed E-state index contributed by atoms with van der Waals surface area (Å²) in [4.78, 5) is 71.0. The van der Waals surface area contributed by atoms with Crippen LogP contribution in [0.3, 0.4) is 0 Å². The van der Waals surface area contributed by atoms with Crippen molar-refractivity contribution in [1.82, 2.24) is 14.9 Å². The average molecular weight is 710 g/mol. The van der Waals surface area contributed by atoms with E-state index in [2.05, 4.69) is 50.3 Å². The highest BCUT2D eigenvalue weighted by Crippen LogP contribution is 2.46. The molecule has 1 aliphatic carbocycles. The van der Waals surface area contributed by atoms with Crippen molar-refractivity contribution in [2.75, 3.05) is 27.3 Å². The van der Waals surface area contributed by atoms with Crippen molar-refractivity contribution in [1.29, 1.82) is 0 Å². The van der Waals surface area contributed by atoms with Crippen molar-refractivity contribution >= 4 is 47.2 Å². The fourth-order valence-corrected chi connectivity index (χ4v) is 8.67. The van der Waals surface area contributed by atoms with Crippen LogP contribution < -0.4 is 0 Å². The van der Waals surface area contributed by atoms with E-state index in [0.29, 0.717) is 19.3 Å². The number of fused-ring (bicyclic) bond motifs is 6. The quantitative estimate of drug-likeness (QED) is 0.258. The fraction of sp³-hybridized carbons (Fsp3) is 0.512. The lowest BCUT2D eigenvalue weighted by atomic mass is 9.81. The third kappa shape index (κ3) is 6.77. The molecule has 0 aromatic carbocycles. The number of esters is 2. The molecule has 52 heavy (non-hydrogen) atoms. The van der Waals surface area contributed by atoms with Gasteiger partial charge in [-0.25, -0.2) is 0 Å². The van der Waals surface area contributed by atoms with Gasteiger partial charge in [0.25, 0.3) is 0 Å². The summed E-state index contributed by atoms with van der Waals surface area (Å²) in [6.45, 7) is 15.1. The first-order valence-electron chi connectivity index (χ1n) is 18.5. The van der Waals surface area contributed by atoms with E-state index in [-0.39, 0.29) is 67.8 Å². The Bertz CT molecular complexity index is 1930. The standard InChI is InChI=1S/C41H51N5O6/c1-9-25-21(3)29-18-31-23(5)27(11-12-36(48)46(15-13-37(49)51-7)16-14-38(50)52-8)40(44-31)28-17-35(47)39-24(6)32(45-41(28)39)20-34-26(10-2)22(4)30(43-34)19-33(25)42-29/h9,18,23,27-28,30,42,45H,1,10-17,19-20H2,2-8H3/t23-,27-,28?,30?/m0/s1. The van der Waals surface area contributed by atoms with Crippen LogP contribution in [0.1, 0.15) is 115 Å². The average Bonchev–Trinajstić information content (AvgIpc) is 3.88. The molecule has 0 radical (unpaired) electrons. The summed E-state index contributed by atoms with van der Waals surface area (Å²) in [6.07, 6.45) is 7.32. The van der Waals surface area contributed by atoms with Gasteiger partial charge in [0.1, 0.15) is 0 Å². The zero-order valence-corrected chi connectivity index (χ0v) is 31.5. The Balaban J connectivity index is 1.39. The Kier molecular flexibility index (Phi) is 10.7.